The average Bonchev–Trinajstić information content (AvgIpc) is 2.67. The Morgan fingerprint density at radius 3 is 1.29 bits per heavy atom. The van der Waals surface area contributed by atoms with Crippen LogP contribution in [0.1, 0.15) is 60.3 Å². The Kier molecular flexibility index (Phi) is 16.5. The van der Waals surface area contributed by atoms with Gasteiger partial charge in [-0.3, -0.25) is 0 Å². The number of hydrogen-bond donors (Lipinski definition) is 0. The number of carbonyl (C=O) groups excluding carboxylic acids is 1. The lowest BCUT2D eigenvalue weighted by Gasteiger charge is -2.24. The van der Waals surface area contributed by atoms with Crippen LogP contribution >= 0.6 is 36.4 Å². The molecule has 8 nitrogen and oxygen atoms in total. The smallest absolute Gasteiger partial charge is 0.390 e. The first-order valence-corrected chi connectivity index (χ1v) is 15.7. The first-order chi connectivity index (χ1) is 13.3. The molecule has 0 unspecified atom stereocenters. The van der Waals surface area contributed by atoms with Crippen molar-refractivity contribution in [2.45, 2.75) is 64.9 Å². The van der Waals surface area contributed by atoms with Gasteiger partial charge in [-0.15, -0.1) is 0 Å². The summed E-state index contributed by atoms with van der Waals surface area (Å²) >= 11 is 1.36. The molecule has 0 N–H and O–H groups in total. The van der Waals surface area contributed by atoms with Crippen LogP contribution in [0.3, 0.4) is 0 Å². The van der Waals surface area contributed by atoms with Crippen LogP contribution < -0.4 is 0 Å². The fraction of sp³-hybridized carbons (Fsp3) is 0.938. The van der Waals surface area contributed by atoms with Gasteiger partial charge in [0.25, 0.3) is 0 Å². The number of hydrogen-bond acceptors (Lipinski definition) is 10. The van der Waals surface area contributed by atoms with Gasteiger partial charge in [0.1, 0.15) is 0 Å². The highest BCUT2D eigenvalue weighted by molar-refractivity contribution is 8.66. The van der Waals surface area contributed by atoms with Crippen molar-refractivity contribution in [1.29, 1.82) is 0 Å². The van der Waals surface area contributed by atoms with Gasteiger partial charge in [0.05, 0.1) is 33.0 Å². The molecule has 0 aromatic rings. The third-order valence-corrected chi connectivity index (χ3v) is 11.5. The van der Waals surface area contributed by atoms with Crippen LogP contribution in [0, 0.1) is 0 Å². The van der Waals surface area contributed by atoms with Crippen molar-refractivity contribution in [3.63, 3.8) is 0 Å². The molecule has 0 spiro atoms. The Morgan fingerprint density at radius 2 is 1.04 bits per heavy atom. The summed E-state index contributed by atoms with van der Waals surface area (Å²) in [5, 5.41) is 0. The van der Waals surface area contributed by atoms with Gasteiger partial charge in [0, 0.05) is 0 Å². The first kappa shape index (κ1) is 28.5. The lowest BCUT2D eigenvalue weighted by molar-refractivity contribution is -0.140. The SMILES string of the molecule is CCCOP(=O)(OCCC)SC(SP(=O)(OCCC)OCCC)C(=O)OCC. The summed E-state index contributed by atoms with van der Waals surface area (Å²) in [5.41, 5.74) is 0. The second kappa shape index (κ2) is 16.2. The third kappa shape index (κ3) is 12.2. The van der Waals surface area contributed by atoms with Gasteiger partial charge >= 0.3 is 19.6 Å². The lowest BCUT2D eigenvalue weighted by atomic mass is 10.5. The maximum atomic E-state index is 13.1. The van der Waals surface area contributed by atoms with Gasteiger partial charge in [-0.2, -0.15) is 0 Å². The molecule has 0 atom stereocenters. The summed E-state index contributed by atoms with van der Waals surface area (Å²) in [7, 11) is 0. The monoisotopic (exact) mass is 480 g/mol. The second-order valence-electron chi connectivity index (χ2n) is 5.52. The highest BCUT2D eigenvalue weighted by atomic mass is 32.8. The van der Waals surface area contributed by atoms with Crippen LogP contribution in [0.2, 0.25) is 0 Å². The normalized spacial score (nSPS) is 12.5. The van der Waals surface area contributed by atoms with E-state index >= 15 is 0 Å². The molecule has 0 radical (unpaired) electrons. The minimum Gasteiger partial charge on any atom is -0.465 e. The molecule has 0 bridgehead atoms. The maximum Gasteiger partial charge on any atom is 0.390 e. The Labute approximate surface area is 177 Å². The number of rotatable bonds is 18. The van der Waals surface area contributed by atoms with Crippen LogP contribution in [-0.2, 0) is 36.8 Å². The van der Waals surface area contributed by atoms with Crippen molar-refractivity contribution in [2.75, 3.05) is 33.0 Å². The lowest BCUT2D eigenvalue weighted by Crippen LogP contribution is -2.18. The van der Waals surface area contributed by atoms with E-state index in [1.807, 2.05) is 27.7 Å². The van der Waals surface area contributed by atoms with E-state index in [0.717, 1.165) is 0 Å². The quantitative estimate of drug-likeness (QED) is 0.127. The van der Waals surface area contributed by atoms with Crippen molar-refractivity contribution in [2.24, 2.45) is 0 Å². The van der Waals surface area contributed by atoms with E-state index < -0.39 is 24.1 Å². The summed E-state index contributed by atoms with van der Waals surface area (Å²) in [6.07, 6.45) is 2.54. The third-order valence-electron chi connectivity index (χ3n) is 2.74. The van der Waals surface area contributed by atoms with Crippen molar-refractivity contribution < 1.29 is 36.8 Å². The molecule has 0 saturated carbocycles. The molecule has 0 aliphatic heterocycles. The van der Waals surface area contributed by atoms with Crippen molar-refractivity contribution in [3.8, 4) is 0 Å². The largest absolute Gasteiger partial charge is 0.465 e. The standard InChI is InChI=1S/C16H34O8P2S2/c1-6-11-21-25(18,22-12-7-2)27-16(15(17)20-10-5)28-26(19,23-13-8-3)24-14-9-4/h16H,6-14H2,1-5H3. The number of carbonyl (C=O) groups is 1. The van der Waals surface area contributed by atoms with Crippen LogP contribution in [0.4, 0.5) is 0 Å². The topological polar surface area (TPSA) is 97.4 Å². The minimum atomic E-state index is -3.66. The zero-order chi connectivity index (χ0) is 21.5. The molecule has 0 aliphatic carbocycles. The number of esters is 1. The molecule has 0 amide bonds. The van der Waals surface area contributed by atoms with Gasteiger partial charge in [0.15, 0.2) is 4.58 Å². The van der Waals surface area contributed by atoms with Crippen LogP contribution in [0.25, 0.3) is 0 Å². The molecule has 168 valence electrons. The minimum absolute atomic E-state index is 0.127. The molecule has 0 heterocycles. The van der Waals surface area contributed by atoms with Crippen LogP contribution in [0.5, 0.6) is 0 Å². The Balaban J connectivity index is 5.53. The van der Waals surface area contributed by atoms with Gasteiger partial charge in [0.2, 0.25) is 0 Å². The zero-order valence-corrected chi connectivity index (χ0v) is 20.8. The van der Waals surface area contributed by atoms with E-state index in [2.05, 4.69) is 0 Å². The first-order valence-electron chi connectivity index (χ1n) is 9.61. The predicted molar refractivity (Wildman–Crippen MR) is 116 cm³/mol. The molecule has 0 fully saturated rings. The van der Waals surface area contributed by atoms with Gasteiger partial charge in [-0.05, 0) is 55.4 Å². The van der Waals surface area contributed by atoms with E-state index in [9.17, 15) is 13.9 Å². The fourth-order valence-electron chi connectivity index (χ4n) is 1.56. The van der Waals surface area contributed by atoms with Gasteiger partial charge in [-0.1, -0.05) is 27.7 Å². The molecule has 28 heavy (non-hydrogen) atoms. The Morgan fingerprint density at radius 1 is 0.714 bits per heavy atom. The summed E-state index contributed by atoms with van der Waals surface area (Å²) in [6.45, 7) is 2.81. The molecule has 0 aliphatic rings. The second-order valence-corrected chi connectivity index (χ2v) is 14.0. The van der Waals surface area contributed by atoms with Gasteiger partial charge < -0.3 is 22.8 Å². The Bertz CT molecular complexity index is 461. The molecular formula is C16H34O8P2S2. The predicted octanol–water partition coefficient (Wildman–Crippen LogP) is 6.26. The van der Waals surface area contributed by atoms with E-state index in [1.165, 1.54) is 0 Å². The van der Waals surface area contributed by atoms with E-state index in [1.54, 1.807) is 6.92 Å². The van der Waals surface area contributed by atoms with Crippen molar-refractivity contribution >= 4 is 42.3 Å². The van der Waals surface area contributed by atoms with Crippen molar-refractivity contribution in [3.05, 3.63) is 0 Å². The van der Waals surface area contributed by atoms with E-state index in [-0.39, 0.29) is 33.0 Å². The highest BCUT2D eigenvalue weighted by Gasteiger charge is 2.41. The maximum absolute atomic E-state index is 13.1. The molecule has 0 aromatic carbocycles. The van der Waals surface area contributed by atoms with Crippen LogP contribution in [0.15, 0.2) is 0 Å². The summed E-state index contributed by atoms with van der Waals surface area (Å²) in [6, 6.07) is 0. The summed E-state index contributed by atoms with van der Waals surface area (Å²) in [4.78, 5) is 12.5. The van der Waals surface area contributed by atoms with E-state index in [0.29, 0.717) is 48.4 Å². The highest BCUT2D eigenvalue weighted by Crippen LogP contribution is 2.71. The van der Waals surface area contributed by atoms with Crippen molar-refractivity contribution in [1.82, 2.24) is 0 Å². The molecule has 12 heteroatoms. The van der Waals surface area contributed by atoms with E-state index in [4.69, 9.17) is 22.8 Å². The Hall–Kier alpha value is 0.470. The average molecular weight is 481 g/mol. The summed E-state index contributed by atoms with van der Waals surface area (Å²) in [5.74, 6) is -0.682. The molecule has 0 aromatic heterocycles. The van der Waals surface area contributed by atoms with Crippen LogP contribution in [-0.4, -0.2) is 43.6 Å². The molecule has 0 rings (SSSR count). The fourth-order valence-corrected chi connectivity index (χ4v) is 11.3. The molecular weight excluding hydrogens is 446 g/mol. The zero-order valence-electron chi connectivity index (χ0n) is 17.4. The summed E-state index contributed by atoms with van der Waals surface area (Å²) < 4.78 is 51.8. The molecule has 0 saturated heterocycles. The van der Waals surface area contributed by atoms with Gasteiger partial charge in [-0.25, -0.2) is 13.9 Å². The number of ether oxygens (including phenoxy) is 1.